The summed E-state index contributed by atoms with van der Waals surface area (Å²) in [5, 5.41) is 0. The van der Waals surface area contributed by atoms with E-state index in [0.717, 1.165) is 5.56 Å². The largest absolute Gasteiger partial charge is 0.369 e. The zero-order chi connectivity index (χ0) is 14.5. The lowest BCUT2D eigenvalue weighted by Gasteiger charge is -2.03. The summed E-state index contributed by atoms with van der Waals surface area (Å²) in [7, 11) is 3.79. The van der Waals surface area contributed by atoms with Gasteiger partial charge in [-0.1, -0.05) is 18.2 Å². The van der Waals surface area contributed by atoms with Gasteiger partial charge in [0.05, 0.1) is 18.7 Å². The molecule has 0 aliphatic rings. The van der Waals surface area contributed by atoms with E-state index in [2.05, 4.69) is 15.0 Å². The van der Waals surface area contributed by atoms with E-state index in [1.54, 1.807) is 37.8 Å². The third-order valence-electron chi connectivity index (χ3n) is 2.60. The number of carbonyl (C=O) groups is 1. The van der Waals surface area contributed by atoms with E-state index in [-0.39, 0.29) is 5.78 Å². The minimum Gasteiger partial charge on any atom is -0.369 e. The van der Waals surface area contributed by atoms with Crippen LogP contribution < -0.4 is 0 Å². The van der Waals surface area contributed by atoms with Crippen molar-refractivity contribution in [2.45, 2.75) is 6.92 Å². The maximum absolute atomic E-state index is 11.4. The van der Waals surface area contributed by atoms with Crippen LogP contribution in [-0.4, -0.2) is 41.1 Å². The molecule has 5 heteroatoms. The van der Waals surface area contributed by atoms with Gasteiger partial charge < -0.3 is 4.90 Å². The van der Waals surface area contributed by atoms with Crippen LogP contribution in [0.2, 0.25) is 0 Å². The Labute approximate surface area is 118 Å². The van der Waals surface area contributed by atoms with E-state index in [1.807, 2.05) is 31.1 Å². The van der Waals surface area contributed by atoms with Crippen LogP contribution in [0.1, 0.15) is 17.3 Å². The van der Waals surface area contributed by atoms with Gasteiger partial charge in [-0.3, -0.25) is 4.79 Å². The number of ketones is 1. The Morgan fingerprint density at radius 3 is 2.55 bits per heavy atom. The molecule has 102 valence electrons. The van der Waals surface area contributed by atoms with Gasteiger partial charge in [-0.25, -0.2) is 15.0 Å². The SMILES string of the molecule is CC(=O)c1cccc(-c2ncc(/N=C/N(C)C)cn2)c1. The normalized spacial score (nSPS) is 10.8. The Bertz CT molecular complexity index is 633. The number of aliphatic imine (C=N–C) groups is 1. The lowest BCUT2D eigenvalue weighted by Crippen LogP contribution is -2.07. The number of carbonyl (C=O) groups excluding carboxylic acids is 1. The predicted molar refractivity (Wildman–Crippen MR) is 79.3 cm³/mol. The zero-order valence-corrected chi connectivity index (χ0v) is 11.7. The summed E-state index contributed by atoms with van der Waals surface area (Å²) in [5.74, 6) is 0.607. The highest BCUT2D eigenvalue weighted by molar-refractivity contribution is 5.95. The van der Waals surface area contributed by atoms with Crippen LogP contribution in [0.15, 0.2) is 41.7 Å². The molecule has 20 heavy (non-hydrogen) atoms. The fourth-order valence-electron chi connectivity index (χ4n) is 1.60. The molecule has 5 nitrogen and oxygen atoms in total. The summed E-state index contributed by atoms with van der Waals surface area (Å²) in [5.41, 5.74) is 2.16. The second-order valence-electron chi connectivity index (χ2n) is 4.61. The molecule has 0 spiro atoms. The van der Waals surface area contributed by atoms with Crippen LogP contribution in [0.5, 0.6) is 0 Å². The molecule has 2 rings (SSSR count). The minimum atomic E-state index is 0.0269. The van der Waals surface area contributed by atoms with Gasteiger partial charge in [0.2, 0.25) is 0 Å². The van der Waals surface area contributed by atoms with Gasteiger partial charge in [0, 0.05) is 25.2 Å². The topological polar surface area (TPSA) is 58.5 Å². The van der Waals surface area contributed by atoms with Crippen LogP contribution in [0, 0.1) is 0 Å². The van der Waals surface area contributed by atoms with Gasteiger partial charge in [-0.05, 0) is 13.0 Å². The molecule has 0 atom stereocenters. The smallest absolute Gasteiger partial charge is 0.159 e. The van der Waals surface area contributed by atoms with Gasteiger partial charge in [0.25, 0.3) is 0 Å². The number of nitrogens with zero attached hydrogens (tertiary/aromatic N) is 4. The maximum atomic E-state index is 11.4. The van der Waals surface area contributed by atoms with Crippen molar-refractivity contribution in [3.63, 3.8) is 0 Å². The van der Waals surface area contributed by atoms with Crippen LogP contribution in [0.4, 0.5) is 5.69 Å². The van der Waals surface area contributed by atoms with E-state index in [1.165, 1.54) is 0 Å². The molecule has 0 unspecified atom stereocenters. The molecular weight excluding hydrogens is 252 g/mol. The summed E-state index contributed by atoms with van der Waals surface area (Å²) < 4.78 is 0. The fourth-order valence-corrected chi connectivity index (χ4v) is 1.60. The molecule has 2 aromatic rings. The molecule has 0 amide bonds. The van der Waals surface area contributed by atoms with Crippen LogP contribution in [0.25, 0.3) is 11.4 Å². The third-order valence-corrected chi connectivity index (χ3v) is 2.60. The van der Waals surface area contributed by atoms with Crippen molar-refractivity contribution >= 4 is 17.8 Å². The summed E-state index contributed by atoms with van der Waals surface area (Å²) in [6, 6.07) is 7.28. The van der Waals surface area contributed by atoms with E-state index in [9.17, 15) is 4.79 Å². The lowest BCUT2D eigenvalue weighted by atomic mass is 10.1. The molecule has 1 heterocycles. The average molecular weight is 268 g/mol. The standard InChI is InChI=1S/C15H16N4O/c1-11(20)12-5-4-6-13(7-12)15-16-8-14(9-17-15)18-10-19(2)3/h4-10H,1-3H3/b18-10+. The van der Waals surface area contributed by atoms with Crippen LogP contribution in [0.3, 0.4) is 0 Å². The quantitative estimate of drug-likeness (QED) is 0.486. The molecule has 0 N–H and O–H groups in total. The number of rotatable bonds is 4. The molecular formula is C15H16N4O. The highest BCUT2D eigenvalue weighted by Crippen LogP contribution is 2.18. The van der Waals surface area contributed by atoms with Crippen molar-refractivity contribution in [1.82, 2.24) is 14.9 Å². The van der Waals surface area contributed by atoms with Crippen molar-refractivity contribution in [2.75, 3.05) is 14.1 Å². The molecule has 0 bridgehead atoms. The molecule has 0 aliphatic carbocycles. The number of aromatic nitrogens is 2. The Balaban J connectivity index is 2.26. The average Bonchev–Trinajstić information content (AvgIpc) is 2.46. The van der Waals surface area contributed by atoms with Crippen molar-refractivity contribution < 1.29 is 4.79 Å². The van der Waals surface area contributed by atoms with Gasteiger partial charge in [-0.15, -0.1) is 0 Å². The van der Waals surface area contributed by atoms with E-state index in [0.29, 0.717) is 17.1 Å². The number of hydrogen-bond donors (Lipinski definition) is 0. The summed E-state index contributed by atoms with van der Waals surface area (Å²) >= 11 is 0. The Kier molecular flexibility index (Phi) is 4.20. The molecule has 0 radical (unpaired) electrons. The molecule has 0 aliphatic heterocycles. The molecule has 0 saturated heterocycles. The van der Waals surface area contributed by atoms with E-state index in [4.69, 9.17) is 0 Å². The Morgan fingerprint density at radius 1 is 1.25 bits per heavy atom. The van der Waals surface area contributed by atoms with Crippen molar-refractivity contribution in [1.29, 1.82) is 0 Å². The number of Topliss-reactive ketones (excluding diaryl/α,β-unsaturated/α-hetero) is 1. The highest BCUT2D eigenvalue weighted by Gasteiger charge is 2.04. The molecule has 0 fully saturated rings. The maximum Gasteiger partial charge on any atom is 0.159 e. The first-order valence-electron chi connectivity index (χ1n) is 6.20. The molecule has 0 saturated carbocycles. The van der Waals surface area contributed by atoms with Gasteiger partial charge in [0.1, 0.15) is 5.69 Å². The molecule has 1 aromatic heterocycles. The second-order valence-corrected chi connectivity index (χ2v) is 4.61. The summed E-state index contributed by atoms with van der Waals surface area (Å²) in [6.07, 6.45) is 5.00. The first-order valence-corrected chi connectivity index (χ1v) is 6.20. The molecule has 1 aromatic carbocycles. The Hall–Kier alpha value is -2.56. The number of hydrogen-bond acceptors (Lipinski definition) is 4. The van der Waals surface area contributed by atoms with Gasteiger partial charge in [0.15, 0.2) is 11.6 Å². The first kappa shape index (κ1) is 13.9. The van der Waals surface area contributed by atoms with Crippen LogP contribution in [-0.2, 0) is 0 Å². The summed E-state index contributed by atoms with van der Waals surface area (Å²) in [6.45, 7) is 1.54. The van der Waals surface area contributed by atoms with Crippen LogP contribution >= 0.6 is 0 Å². The monoisotopic (exact) mass is 268 g/mol. The predicted octanol–water partition coefficient (Wildman–Crippen LogP) is 2.57. The Morgan fingerprint density at radius 2 is 1.95 bits per heavy atom. The van der Waals surface area contributed by atoms with Gasteiger partial charge >= 0.3 is 0 Å². The third kappa shape index (κ3) is 3.47. The van der Waals surface area contributed by atoms with Crippen molar-refractivity contribution in [3.8, 4) is 11.4 Å². The van der Waals surface area contributed by atoms with Crippen molar-refractivity contribution in [3.05, 3.63) is 42.2 Å². The van der Waals surface area contributed by atoms with E-state index < -0.39 is 0 Å². The second kappa shape index (κ2) is 6.06. The first-order chi connectivity index (χ1) is 9.56. The van der Waals surface area contributed by atoms with Gasteiger partial charge in [-0.2, -0.15) is 0 Å². The lowest BCUT2D eigenvalue weighted by molar-refractivity contribution is 0.101. The van der Waals surface area contributed by atoms with E-state index >= 15 is 0 Å². The minimum absolute atomic E-state index is 0.0269. The zero-order valence-electron chi connectivity index (χ0n) is 11.7. The highest BCUT2D eigenvalue weighted by atomic mass is 16.1. The van der Waals surface area contributed by atoms with Crippen molar-refractivity contribution in [2.24, 2.45) is 4.99 Å². The fraction of sp³-hybridized carbons (Fsp3) is 0.200. The summed E-state index contributed by atoms with van der Waals surface area (Å²) in [4.78, 5) is 26.0. The number of benzene rings is 1.